The summed E-state index contributed by atoms with van der Waals surface area (Å²) in [5, 5.41) is 0. The monoisotopic (exact) mass is 79.0 g/mol. The summed E-state index contributed by atoms with van der Waals surface area (Å²) in [7, 11) is 0. The van der Waals surface area contributed by atoms with Crippen molar-refractivity contribution in [2.75, 3.05) is 0 Å². The second-order valence-corrected chi connectivity index (χ2v) is 0.835. The van der Waals surface area contributed by atoms with E-state index in [1.807, 2.05) is 0 Å². The Morgan fingerprint density at radius 1 is 1.67 bits per heavy atom. The first-order chi connectivity index (χ1) is 3.00. The van der Waals surface area contributed by atoms with Crippen LogP contribution in [0.5, 0.6) is 0 Å². The Balaban J connectivity index is 2.77. The second-order valence-electron chi connectivity index (χ2n) is 0.835. The molecule has 2 nitrogen and oxygen atoms in total. The molecule has 0 saturated heterocycles. The van der Waals surface area contributed by atoms with Crippen molar-refractivity contribution in [1.82, 2.24) is 4.99 Å². The summed E-state index contributed by atoms with van der Waals surface area (Å²) in [5.74, 6) is 0. The molecule has 0 saturated carbocycles. The summed E-state index contributed by atoms with van der Waals surface area (Å²) in [4.78, 5) is 7.26. The molecule has 2 heteroatoms. The lowest BCUT2D eigenvalue weighted by atomic mass is 10.7. The van der Waals surface area contributed by atoms with Crippen molar-refractivity contribution in [3.05, 3.63) is 12.4 Å². The fourth-order valence-electron chi connectivity index (χ4n) is 0.225. The minimum absolute atomic E-state index is 1.51. The van der Waals surface area contributed by atoms with E-state index in [4.69, 9.17) is 0 Å². The van der Waals surface area contributed by atoms with Gasteiger partial charge in [-0.2, -0.15) is 0 Å². The first kappa shape index (κ1) is 3.28. The molecule has 0 aromatic rings. The number of hydrogen-bond donors (Lipinski definition) is 0. The SMILES string of the molecule is [C]1=C[N+]=CC=N1. The third-order valence-electron chi connectivity index (χ3n) is 0.434. The standard InChI is InChI=1S/C4H3N2/c1-2-6-4-3-5-1/h1-3H/q+1. The van der Waals surface area contributed by atoms with Gasteiger partial charge < -0.3 is 0 Å². The molecule has 28 valence electrons. The van der Waals surface area contributed by atoms with Crippen LogP contribution in [0.4, 0.5) is 0 Å². The van der Waals surface area contributed by atoms with Crippen molar-refractivity contribution in [3.63, 3.8) is 0 Å². The van der Waals surface area contributed by atoms with E-state index < -0.39 is 0 Å². The summed E-state index contributed by atoms with van der Waals surface area (Å²) in [6.45, 7) is 0. The predicted octanol–water partition coefficient (Wildman–Crippen LogP) is -0.248. The number of rotatable bonds is 0. The van der Waals surface area contributed by atoms with Gasteiger partial charge in [0.15, 0.2) is 6.20 Å². The van der Waals surface area contributed by atoms with Gasteiger partial charge in [0.2, 0.25) is 0 Å². The van der Waals surface area contributed by atoms with Gasteiger partial charge in [-0.05, 0) is 0 Å². The zero-order chi connectivity index (χ0) is 4.24. The molecule has 1 aliphatic rings. The van der Waals surface area contributed by atoms with Crippen molar-refractivity contribution in [3.8, 4) is 0 Å². The van der Waals surface area contributed by atoms with Gasteiger partial charge in [0.1, 0.15) is 0 Å². The highest BCUT2D eigenvalue weighted by Gasteiger charge is 1.83. The molecule has 0 bridgehead atoms. The van der Waals surface area contributed by atoms with E-state index in [1.54, 1.807) is 12.4 Å². The molecule has 0 unspecified atom stereocenters. The van der Waals surface area contributed by atoms with Gasteiger partial charge in [-0.25, -0.2) is 4.99 Å². The topological polar surface area (TPSA) is 26.5 Å². The molecular weight excluding hydrogens is 76.1 g/mol. The third-order valence-corrected chi connectivity index (χ3v) is 0.434. The molecule has 0 spiro atoms. The van der Waals surface area contributed by atoms with Gasteiger partial charge in [-0.1, -0.05) is 0 Å². The number of aliphatic imine (C=N–C) groups is 2. The van der Waals surface area contributed by atoms with Gasteiger partial charge >= 0.3 is 0 Å². The summed E-state index contributed by atoms with van der Waals surface area (Å²) in [6, 6.07) is 0. The summed E-state index contributed by atoms with van der Waals surface area (Å²) >= 11 is 0. The number of hydrogen-bond acceptors (Lipinski definition) is 2. The lowest BCUT2D eigenvalue weighted by Crippen LogP contribution is -1.87. The van der Waals surface area contributed by atoms with Gasteiger partial charge in [0.05, 0.1) is 11.2 Å². The van der Waals surface area contributed by atoms with E-state index in [1.165, 1.54) is 6.20 Å². The zero-order valence-corrected chi connectivity index (χ0v) is 3.13. The van der Waals surface area contributed by atoms with Gasteiger partial charge in [0, 0.05) is 0 Å². The first-order valence-corrected chi connectivity index (χ1v) is 1.62. The van der Waals surface area contributed by atoms with E-state index in [-0.39, 0.29) is 0 Å². The second kappa shape index (κ2) is 1.50. The molecular formula is C4H3N2+. The maximum atomic E-state index is 3.67. The highest BCUT2D eigenvalue weighted by Crippen LogP contribution is 1.66. The van der Waals surface area contributed by atoms with Gasteiger partial charge in [-0.3, -0.25) is 0 Å². The van der Waals surface area contributed by atoms with Gasteiger partial charge in [-0.15, -0.1) is 0 Å². The van der Waals surface area contributed by atoms with Crippen LogP contribution in [0.25, 0.3) is 0 Å². The summed E-state index contributed by atoms with van der Waals surface area (Å²) < 4.78 is 0. The van der Waals surface area contributed by atoms with Crippen molar-refractivity contribution >= 4 is 12.4 Å². The van der Waals surface area contributed by atoms with Crippen LogP contribution in [0.1, 0.15) is 0 Å². The highest BCUT2D eigenvalue weighted by atomic mass is 14.8. The third kappa shape index (κ3) is 0.516. The summed E-state index contributed by atoms with van der Waals surface area (Å²) in [6.07, 6.45) is 7.24. The van der Waals surface area contributed by atoms with E-state index in [9.17, 15) is 0 Å². The fourth-order valence-corrected chi connectivity index (χ4v) is 0.225. The quantitative estimate of drug-likeness (QED) is 0.383. The van der Waals surface area contributed by atoms with Crippen LogP contribution >= 0.6 is 0 Å². The van der Waals surface area contributed by atoms with Crippen LogP contribution < -0.4 is 4.99 Å². The molecule has 0 amide bonds. The van der Waals surface area contributed by atoms with E-state index in [2.05, 4.69) is 16.2 Å². The summed E-state index contributed by atoms with van der Waals surface area (Å²) in [5.41, 5.74) is 0. The maximum absolute atomic E-state index is 3.67. The predicted molar refractivity (Wildman–Crippen MR) is 24.5 cm³/mol. The van der Waals surface area contributed by atoms with Crippen molar-refractivity contribution in [2.24, 2.45) is 4.99 Å². The lowest BCUT2D eigenvalue weighted by Gasteiger charge is -1.63. The van der Waals surface area contributed by atoms with Crippen LogP contribution in [-0.2, 0) is 0 Å². The molecule has 0 aliphatic carbocycles. The van der Waals surface area contributed by atoms with Crippen molar-refractivity contribution in [1.29, 1.82) is 0 Å². The van der Waals surface area contributed by atoms with E-state index >= 15 is 0 Å². The van der Waals surface area contributed by atoms with E-state index in [0.717, 1.165) is 0 Å². The number of nitrogens with zero attached hydrogens (tertiary/aromatic N) is 2. The Labute approximate surface area is 35.9 Å². The zero-order valence-electron chi connectivity index (χ0n) is 3.13. The molecule has 2 radical (unpaired) electrons. The Morgan fingerprint density at radius 2 is 2.67 bits per heavy atom. The molecule has 1 aliphatic heterocycles. The Morgan fingerprint density at radius 3 is 2.83 bits per heavy atom. The van der Waals surface area contributed by atoms with Gasteiger partial charge in [0.25, 0.3) is 12.4 Å². The van der Waals surface area contributed by atoms with Crippen molar-refractivity contribution < 1.29 is 0 Å². The fraction of sp³-hybridized carbons (Fsp3) is 0. The van der Waals surface area contributed by atoms with Crippen LogP contribution in [0.15, 0.2) is 11.2 Å². The average molecular weight is 79.1 g/mol. The molecule has 0 N–H and O–H groups in total. The minimum atomic E-state index is 1.51. The molecule has 0 aromatic carbocycles. The largest absolute Gasteiger partial charge is 0.270 e. The Kier molecular flexibility index (Phi) is 0.819. The van der Waals surface area contributed by atoms with Crippen LogP contribution in [-0.4, -0.2) is 12.4 Å². The van der Waals surface area contributed by atoms with Crippen LogP contribution in [0, 0.1) is 6.20 Å². The Bertz CT molecular complexity index is 74.9. The highest BCUT2D eigenvalue weighted by molar-refractivity contribution is 6.16. The van der Waals surface area contributed by atoms with Crippen molar-refractivity contribution in [2.45, 2.75) is 0 Å². The minimum Gasteiger partial charge on any atom is -0.241 e. The van der Waals surface area contributed by atoms with Crippen LogP contribution in [0.2, 0.25) is 0 Å². The Hall–Kier alpha value is -0.920. The first-order valence-electron chi connectivity index (χ1n) is 1.62. The smallest absolute Gasteiger partial charge is 0.241 e. The van der Waals surface area contributed by atoms with E-state index in [0.29, 0.717) is 0 Å². The maximum Gasteiger partial charge on any atom is 0.270 e. The van der Waals surface area contributed by atoms with Crippen LogP contribution in [0.3, 0.4) is 0 Å². The normalized spacial score (nSPS) is 16.0. The molecule has 1 rings (SSSR count). The average Bonchev–Trinajstić information content (AvgIpc) is 1.72. The molecule has 0 atom stereocenters. The molecule has 0 fully saturated rings. The molecule has 6 heavy (non-hydrogen) atoms. The molecule has 0 aromatic heterocycles. The molecule has 1 heterocycles. The lowest BCUT2D eigenvalue weighted by molar-refractivity contribution is 1.32.